The van der Waals surface area contributed by atoms with Crippen molar-refractivity contribution in [2.45, 2.75) is 39.8 Å². The van der Waals surface area contributed by atoms with Crippen LogP contribution in [0.4, 0.5) is 0 Å². The van der Waals surface area contributed by atoms with Crippen LogP contribution in [0.25, 0.3) is 0 Å². The molecule has 1 aromatic carbocycles. The molecule has 1 unspecified atom stereocenters. The van der Waals surface area contributed by atoms with E-state index in [1.54, 1.807) is 0 Å². The molecule has 1 aromatic heterocycles. The van der Waals surface area contributed by atoms with Crippen LogP contribution in [-0.2, 0) is 11.3 Å². The van der Waals surface area contributed by atoms with E-state index in [1.165, 1.54) is 0 Å². The monoisotopic (exact) mass is 349 g/mol. The van der Waals surface area contributed by atoms with Crippen molar-refractivity contribution in [1.29, 1.82) is 0 Å². The number of benzene rings is 1. The van der Waals surface area contributed by atoms with Gasteiger partial charge in [-0.25, -0.2) is 0 Å². The number of nitrogens with zero attached hydrogens (tertiary/aromatic N) is 2. The summed E-state index contributed by atoms with van der Waals surface area (Å²) in [7, 11) is 0. The molecular weight excluding hydrogens is 330 g/mol. The molecule has 4 nitrogen and oxygen atoms in total. The number of carbonyl (C=O) groups excluding carboxylic acids is 1. The quantitative estimate of drug-likeness (QED) is 0.897. The highest BCUT2D eigenvalue weighted by Gasteiger charge is 2.10. The molecule has 0 saturated carbocycles. The molecule has 5 heteroatoms. The van der Waals surface area contributed by atoms with Crippen molar-refractivity contribution in [2.24, 2.45) is 0 Å². The van der Waals surface area contributed by atoms with Gasteiger partial charge in [0.2, 0.25) is 5.91 Å². The van der Waals surface area contributed by atoms with Gasteiger partial charge < -0.3 is 5.32 Å². The number of halogens is 1. The van der Waals surface area contributed by atoms with Crippen LogP contribution in [0.5, 0.6) is 0 Å². The van der Waals surface area contributed by atoms with E-state index >= 15 is 0 Å². The zero-order valence-electron chi connectivity index (χ0n) is 12.6. The van der Waals surface area contributed by atoms with E-state index in [2.05, 4.69) is 26.3 Å². The highest BCUT2D eigenvalue weighted by Crippen LogP contribution is 2.16. The fraction of sp³-hybridized carbons (Fsp3) is 0.375. The molecule has 112 valence electrons. The second-order valence-corrected chi connectivity index (χ2v) is 6.16. The van der Waals surface area contributed by atoms with Gasteiger partial charge in [-0.15, -0.1) is 0 Å². The standard InChI is InChI=1S/C16H20BrN3O/c1-11-10-12(2)20(19-11)9-8-16(21)18-13(3)14-4-6-15(17)7-5-14/h4-7,10,13H,8-9H2,1-3H3,(H,18,21). The number of aromatic nitrogens is 2. The summed E-state index contributed by atoms with van der Waals surface area (Å²) in [5, 5.41) is 7.38. The largest absolute Gasteiger partial charge is 0.350 e. The summed E-state index contributed by atoms with van der Waals surface area (Å²) in [6, 6.07) is 10.0. The van der Waals surface area contributed by atoms with Crippen LogP contribution in [0.1, 0.15) is 36.3 Å². The molecule has 0 aliphatic heterocycles. The number of hydrogen-bond donors (Lipinski definition) is 1. The van der Waals surface area contributed by atoms with E-state index in [0.717, 1.165) is 21.4 Å². The third-order valence-electron chi connectivity index (χ3n) is 3.40. The van der Waals surface area contributed by atoms with Crippen molar-refractivity contribution >= 4 is 21.8 Å². The van der Waals surface area contributed by atoms with Crippen LogP contribution in [0.15, 0.2) is 34.8 Å². The van der Waals surface area contributed by atoms with Crippen LogP contribution < -0.4 is 5.32 Å². The lowest BCUT2D eigenvalue weighted by atomic mass is 10.1. The molecule has 2 rings (SSSR count). The molecule has 1 heterocycles. The lowest BCUT2D eigenvalue weighted by Crippen LogP contribution is -2.27. The summed E-state index contributed by atoms with van der Waals surface area (Å²) in [4.78, 5) is 12.0. The average molecular weight is 350 g/mol. The third kappa shape index (κ3) is 4.43. The third-order valence-corrected chi connectivity index (χ3v) is 3.93. The second-order valence-electron chi connectivity index (χ2n) is 5.24. The smallest absolute Gasteiger partial charge is 0.222 e. The maximum Gasteiger partial charge on any atom is 0.222 e. The molecule has 0 saturated heterocycles. The summed E-state index contributed by atoms with van der Waals surface area (Å²) >= 11 is 3.41. The maximum absolute atomic E-state index is 12.0. The first-order valence-corrected chi connectivity index (χ1v) is 7.81. The minimum absolute atomic E-state index is 0.00561. The lowest BCUT2D eigenvalue weighted by Gasteiger charge is -2.14. The Morgan fingerprint density at radius 3 is 2.57 bits per heavy atom. The Balaban J connectivity index is 1.86. The molecule has 0 aliphatic rings. The predicted octanol–water partition coefficient (Wildman–Crippen LogP) is 3.53. The molecule has 0 fully saturated rings. The van der Waals surface area contributed by atoms with Crippen LogP contribution >= 0.6 is 15.9 Å². The Kier molecular flexibility index (Phi) is 5.17. The Bertz CT molecular complexity index is 619. The van der Waals surface area contributed by atoms with E-state index in [1.807, 2.05) is 55.8 Å². The van der Waals surface area contributed by atoms with Gasteiger partial charge in [-0.3, -0.25) is 9.48 Å². The molecule has 2 aromatic rings. The zero-order valence-corrected chi connectivity index (χ0v) is 14.1. The van der Waals surface area contributed by atoms with Crippen molar-refractivity contribution in [3.63, 3.8) is 0 Å². The summed E-state index contributed by atoms with van der Waals surface area (Å²) < 4.78 is 2.91. The van der Waals surface area contributed by atoms with Gasteiger partial charge >= 0.3 is 0 Å². The minimum atomic E-state index is 0.00561. The van der Waals surface area contributed by atoms with Gasteiger partial charge in [0.05, 0.1) is 11.7 Å². The van der Waals surface area contributed by atoms with E-state index < -0.39 is 0 Å². The Labute approximate surface area is 133 Å². The highest BCUT2D eigenvalue weighted by atomic mass is 79.9. The maximum atomic E-state index is 12.0. The number of nitrogens with one attached hydrogen (secondary N) is 1. The molecule has 1 amide bonds. The van der Waals surface area contributed by atoms with Gasteiger partial charge in [0, 0.05) is 23.1 Å². The van der Waals surface area contributed by atoms with Crippen LogP contribution in [0.2, 0.25) is 0 Å². The van der Waals surface area contributed by atoms with Gasteiger partial charge in [-0.1, -0.05) is 28.1 Å². The van der Waals surface area contributed by atoms with Crippen molar-refractivity contribution in [3.05, 3.63) is 51.8 Å². The summed E-state index contributed by atoms with van der Waals surface area (Å²) in [6.07, 6.45) is 0.433. The molecule has 1 N–H and O–H groups in total. The van der Waals surface area contributed by atoms with Crippen molar-refractivity contribution < 1.29 is 4.79 Å². The zero-order chi connectivity index (χ0) is 15.4. The van der Waals surface area contributed by atoms with Crippen LogP contribution in [-0.4, -0.2) is 15.7 Å². The molecule has 1 atom stereocenters. The van der Waals surface area contributed by atoms with Crippen LogP contribution in [0, 0.1) is 13.8 Å². The van der Waals surface area contributed by atoms with Gasteiger partial charge in [0.25, 0.3) is 0 Å². The SMILES string of the molecule is Cc1cc(C)n(CCC(=O)NC(C)c2ccc(Br)cc2)n1. The molecule has 0 aliphatic carbocycles. The molecule has 0 spiro atoms. The number of carbonyl (C=O) groups is 1. The fourth-order valence-corrected chi connectivity index (χ4v) is 2.52. The van der Waals surface area contributed by atoms with E-state index in [9.17, 15) is 4.79 Å². The summed E-state index contributed by atoms with van der Waals surface area (Å²) in [5.41, 5.74) is 3.16. The topological polar surface area (TPSA) is 46.9 Å². The first-order chi connectivity index (χ1) is 9.95. The predicted molar refractivity (Wildman–Crippen MR) is 87.0 cm³/mol. The van der Waals surface area contributed by atoms with E-state index in [0.29, 0.717) is 13.0 Å². The highest BCUT2D eigenvalue weighted by molar-refractivity contribution is 9.10. The summed E-state index contributed by atoms with van der Waals surface area (Å²) in [5.74, 6) is 0.0398. The fourth-order valence-electron chi connectivity index (χ4n) is 2.26. The van der Waals surface area contributed by atoms with Gasteiger partial charge in [-0.05, 0) is 44.5 Å². The Morgan fingerprint density at radius 1 is 1.33 bits per heavy atom. The number of aryl methyl sites for hydroxylation is 3. The van der Waals surface area contributed by atoms with Crippen LogP contribution in [0.3, 0.4) is 0 Å². The Morgan fingerprint density at radius 2 is 2.00 bits per heavy atom. The number of rotatable bonds is 5. The van der Waals surface area contributed by atoms with Gasteiger partial charge in [0.1, 0.15) is 0 Å². The van der Waals surface area contributed by atoms with Crippen molar-refractivity contribution in [2.75, 3.05) is 0 Å². The first-order valence-electron chi connectivity index (χ1n) is 7.01. The second kappa shape index (κ2) is 6.89. The molecular formula is C16H20BrN3O. The van der Waals surface area contributed by atoms with Crippen molar-refractivity contribution in [1.82, 2.24) is 15.1 Å². The number of hydrogen-bond acceptors (Lipinski definition) is 2. The Hall–Kier alpha value is -1.62. The van der Waals surface area contributed by atoms with E-state index in [4.69, 9.17) is 0 Å². The van der Waals surface area contributed by atoms with Gasteiger partial charge in [-0.2, -0.15) is 5.10 Å². The lowest BCUT2D eigenvalue weighted by molar-refractivity contribution is -0.122. The van der Waals surface area contributed by atoms with Gasteiger partial charge in [0.15, 0.2) is 0 Å². The van der Waals surface area contributed by atoms with Crippen molar-refractivity contribution in [3.8, 4) is 0 Å². The van der Waals surface area contributed by atoms with E-state index in [-0.39, 0.29) is 11.9 Å². The number of amides is 1. The summed E-state index contributed by atoms with van der Waals surface area (Å²) in [6.45, 7) is 6.56. The normalized spacial score (nSPS) is 12.2. The molecule has 0 radical (unpaired) electrons. The minimum Gasteiger partial charge on any atom is -0.350 e. The molecule has 21 heavy (non-hydrogen) atoms. The first kappa shape index (κ1) is 15.8. The molecule has 0 bridgehead atoms. The average Bonchev–Trinajstić information content (AvgIpc) is 2.75.